The third-order valence-corrected chi connectivity index (χ3v) is 5.19. The monoisotopic (exact) mass is 437 g/mol. The van der Waals surface area contributed by atoms with Gasteiger partial charge in [-0.3, -0.25) is 0 Å². The maximum Gasteiger partial charge on any atom is 0.157 e. The van der Waals surface area contributed by atoms with Crippen LogP contribution in [0.5, 0.6) is 0 Å². The van der Waals surface area contributed by atoms with Crippen molar-refractivity contribution in [3.63, 3.8) is 0 Å². The zero-order chi connectivity index (χ0) is 22.8. The van der Waals surface area contributed by atoms with Gasteiger partial charge in [-0.15, -0.1) is 0 Å². The molecule has 32 heavy (non-hydrogen) atoms. The maximum absolute atomic E-state index is 13.3. The first-order valence-electron chi connectivity index (χ1n) is 10.4. The molecule has 0 aliphatic carbocycles. The van der Waals surface area contributed by atoms with Gasteiger partial charge in [-0.05, 0) is 37.6 Å². The molecule has 0 saturated carbocycles. The van der Waals surface area contributed by atoms with Gasteiger partial charge in [0.2, 0.25) is 0 Å². The van der Waals surface area contributed by atoms with Crippen LogP contribution >= 0.6 is 0 Å². The number of fused-ring (bicyclic) bond motifs is 1. The number of rotatable bonds is 7. The van der Waals surface area contributed by atoms with Crippen molar-refractivity contribution in [3.05, 3.63) is 78.0 Å². The largest absolute Gasteiger partial charge is 0.359 e. The summed E-state index contributed by atoms with van der Waals surface area (Å²) in [6.45, 7) is 5.62. The van der Waals surface area contributed by atoms with Crippen molar-refractivity contribution >= 4 is 0 Å². The van der Waals surface area contributed by atoms with E-state index >= 15 is 0 Å². The molecule has 4 rings (SSSR count). The average Bonchev–Trinajstić information content (AvgIpc) is 3.45. The number of halogens is 2. The SMILES string of the molecule is Cc1cc(-c2cc(Cn3ccc4nc(C(C)/C=C\C=C(\F)C(C)F)nc-4c3)on2)n(C)c1. The first-order valence-corrected chi connectivity index (χ1v) is 10.4. The van der Waals surface area contributed by atoms with Crippen LogP contribution in [0.3, 0.4) is 0 Å². The maximum atomic E-state index is 13.3. The van der Waals surface area contributed by atoms with Crippen molar-refractivity contribution in [2.24, 2.45) is 7.05 Å². The second-order valence-electron chi connectivity index (χ2n) is 8.00. The summed E-state index contributed by atoms with van der Waals surface area (Å²) < 4.78 is 35.7. The van der Waals surface area contributed by atoms with Crippen molar-refractivity contribution in [2.75, 3.05) is 0 Å². The molecule has 4 heterocycles. The van der Waals surface area contributed by atoms with Gasteiger partial charge in [-0.1, -0.05) is 24.2 Å². The third kappa shape index (κ3) is 4.69. The van der Waals surface area contributed by atoms with Crippen LogP contribution in [-0.2, 0) is 13.6 Å². The highest BCUT2D eigenvalue weighted by Gasteiger charge is 2.16. The van der Waals surface area contributed by atoms with E-state index in [0.29, 0.717) is 12.4 Å². The minimum Gasteiger partial charge on any atom is -0.359 e. The van der Waals surface area contributed by atoms with E-state index < -0.39 is 12.0 Å². The van der Waals surface area contributed by atoms with Crippen molar-refractivity contribution in [2.45, 2.75) is 39.4 Å². The fourth-order valence-corrected chi connectivity index (χ4v) is 3.48. The Morgan fingerprint density at radius 1 is 1.16 bits per heavy atom. The van der Waals surface area contributed by atoms with Crippen molar-refractivity contribution in [3.8, 4) is 22.8 Å². The summed E-state index contributed by atoms with van der Waals surface area (Å²) in [4.78, 5) is 9.14. The van der Waals surface area contributed by atoms with Crippen LogP contribution in [0.2, 0.25) is 0 Å². The second kappa shape index (κ2) is 8.90. The molecule has 0 fully saturated rings. The molecule has 0 radical (unpaired) electrons. The highest BCUT2D eigenvalue weighted by Crippen LogP contribution is 2.25. The number of hydrogen-bond donors (Lipinski definition) is 0. The van der Waals surface area contributed by atoms with E-state index in [2.05, 4.69) is 21.2 Å². The van der Waals surface area contributed by atoms with Crippen LogP contribution in [-0.4, -0.2) is 30.4 Å². The molecule has 166 valence electrons. The Hall–Kier alpha value is -3.55. The van der Waals surface area contributed by atoms with Crippen molar-refractivity contribution in [1.82, 2.24) is 24.3 Å². The predicted octanol–water partition coefficient (Wildman–Crippen LogP) is 5.60. The molecule has 0 bridgehead atoms. The Kier molecular flexibility index (Phi) is 6.03. The van der Waals surface area contributed by atoms with E-state index in [1.165, 1.54) is 11.6 Å². The highest BCUT2D eigenvalue weighted by molar-refractivity contribution is 5.57. The zero-order valence-corrected chi connectivity index (χ0v) is 18.5. The molecule has 2 unspecified atom stereocenters. The lowest BCUT2D eigenvalue weighted by Gasteiger charge is -2.04. The van der Waals surface area contributed by atoms with Crippen LogP contribution in [0.25, 0.3) is 22.8 Å². The van der Waals surface area contributed by atoms with E-state index in [0.717, 1.165) is 41.5 Å². The van der Waals surface area contributed by atoms with Gasteiger partial charge >= 0.3 is 0 Å². The predicted molar refractivity (Wildman–Crippen MR) is 119 cm³/mol. The molecule has 2 atom stereocenters. The number of alkyl halides is 1. The summed E-state index contributed by atoms with van der Waals surface area (Å²) >= 11 is 0. The van der Waals surface area contributed by atoms with Crippen LogP contribution in [0.1, 0.15) is 36.9 Å². The van der Waals surface area contributed by atoms with E-state index in [9.17, 15) is 8.78 Å². The number of hydrogen-bond acceptors (Lipinski definition) is 4. The minimum atomic E-state index is -1.61. The van der Waals surface area contributed by atoms with E-state index in [4.69, 9.17) is 4.52 Å². The topological polar surface area (TPSA) is 61.7 Å². The normalized spacial score (nSPS) is 14.5. The lowest BCUT2D eigenvalue weighted by atomic mass is 10.1. The Morgan fingerprint density at radius 3 is 2.66 bits per heavy atom. The number of allylic oxidation sites excluding steroid dienone is 4. The van der Waals surface area contributed by atoms with Crippen LogP contribution in [0.4, 0.5) is 8.78 Å². The molecule has 2 aromatic heterocycles. The molecular formula is C24H25F2N5O. The van der Waals surface area contributed by atoms with Gasteiger partial charge in [0.05, 0.1) is 17.9 Å². The van der Waals surface area contributed by atoms with Gasteiger partial charge in [-0.25, -0.2) is 18.7 Å². The van der Waals surface area contributed by atoms with Gasteiger partial charge in [0.15, 0.2) is 5.76 Å². The van der Waals surface area contributed by atoms with Gasteiger partial charge in [0.25, 0.3) is 0 Å². The third-order valence-electron chi connectivity index (χ3n) is 5.19. The Morgan fingerprint density at radius 2 is 1.94 bits per heavy atom. The summed E-state index contributed by atoms with van der Waals surface area (Å²) in [5, 5.41) is 4.20. The molecule has 2 aromatic rings. The fourth-order valence-electron chi connectivity index (χ4n) is 3.48. The molecule has 0 amide bonds. The number of imidazole rings is 1. The Labute approximate surface area is 185 Å². The van der Waals surface area contributed by atoms with E-state index in [-0.39, 0.29) is 5.92 Å². The van der Waals surface area contributed by atoms with E-state index in [1.807, 2.05) is 60.8 Å². The number of nitrogens with zero attached hydrogens (tertiary/aromatic N) is 5. The number of aromatic nitrogens is 5. The standard InChI is InChI=1S/C24H25F2N5O/c1-15-10-23(30(4)12-15)21-11-18(32-29-21)13-31-9-8-20-22(14-31)28-24(27-20)16(2)6-5-7-19(26)17(3)25/h5-12,14,16-17H,13H2,1-4H3/b6-5-,19-7+. The first-order chi connectivity index (χ1) is 15.3. The van der Waals surface area contributed by atoms with Gasteiger partial charge in [0.1, 0.15) is 29.2 Å². The summed E-state index contributed by atoms with van der Waals surface area (Å²) in [7, 11) is 1.98. The first kappa shape index (κ1) is 21.7. The lowest BCUT2D eigenvalue weighted by molar-refractivity contribution is 0.350. The molecule has 0 saturated heterocycles. The quantitative estimate of drug-likeness (QED) is 0.353. The molecule has 0 aromatic carbocycles. The van der Waals surface area contributed by atoms with E-state index in [1.54, 1.807) is 6.08 Å². The summed E-state index contributed by atoms with van der Waals surface area (Å²) in [6.07, 6.45) is 8.61. The smallest absolute Gasteiger partial charge is 0.157 e. The van der Waals surface area contributed by atoms with Crippen molar-refractivity contribution < 1.29 is 13.3 Å². The number of pyridine rings is 1. The molecule has 2 aliphatic rings. The van der Waals surface area contributed by atoms with Crippen LogP contribution in [0.15, 0.2) is 65.4 Å². The minimum absolute atomic E-state index is 0.139. The fraction of sp³-hybridized carbons (Fsp3) is 0.292. The molecule has 2 aliphatic heterocycles. The molecular weight excluding hydrogens is 412 g/mol. The second-order valence-corrected chi connectivity index (χ2v) is 8.00. The highest BCUT2D eigenvalue weighted by atomic mass is 19.2. The van der Waals surface area contributed by atoms with Crippen molar-refractivity contribution in [1.29, 1.82) is 0 Å². The Bertz CT molecular complexity index is 1250. The zero-order valence-electron chi connectivity index (χ0n) is 18.5. The Balaban J connectivity index is 1.49. The van der Waals surface area contributed by atoms with Gasteiger partial charge in [0, 0.05) is 37.6 Å². The van der Waals surface area contributed by atoms with Crippen LogP contribution < -0.4 is 0 Å². The summed E-state index contributed by atoms with van der Waals surface area (Å²) in [6, 6.07) is 5.90. The number of aryl methyl sites for hydroxylation is 2. The van der Waals surface area contributed by atoms with Gasteiger partial charge in [-0.2, -0.15) is 0 Å². The average molecular weight is 437 g/mol. The molecule has 0 spiro atoms. The summed E-state index contributed by atoms with van der Waals surface area (Å²) in [5.74, 6) is 0.411. The molecule has 6 nitrogen and oxygen atoms in total. The summed E-state index contributed by atoms with van der Waals surface area (Å²) in [5.41, 5.74) is 4.48. The lowest BCUT2D eigenvalue weighted by Crippen LogP contribution is -1.99. The molecule has 0 N–H and O–H groups in total. The van der Waals surface area contributed by atoms with Gasteiger partial charge < -0.3 is 13.7 Å². The van der Waals surface area contributed by atoms with Crippen LogP contribution in [0, 0.1) is 6.92 Å². The molecule has 8 heteroatoms.